The molecule has 1 aliphatic carbocycles. The smallest absolute Gasteiger partial charge is 0.133 e. The average molecular weight is 265 g/mol. The molecule has 0 aliphatic heterocycles. The van der Waals surface area contributed by atoms with Gasteiger partial charge in [0.15, 0.2) is 0 Å². The van der Waals surface area contributed by atoms with E-state index in [0.29, 0.717) is 6.42 Å². The Hall–Kier alpha value is -1.20. The highest BCUT2D eigenvalue weighted by atomic mass is 16.3. The summed E-state index contributed by atoms with van der Waals surface area (Å²) in [6.45, 7) is 1.72. The SMILES string of the molecule is CCC(CO)(CO)Nc1ncnc2c1CCCCC2. The van der Waals surface area contributed by atoms with Gasteiger partial charge in [-0.15, -0.1) is 0 Å². The monoisotopic (exact) mass is 265 g/mol. The molecular weight excluding hydrogens is 242 g/mol. The maximum absolute atomic E-state index is 9.53. The number of fused-ring (bicyclic) bond motifs is 1. The standard InChI is InChI=1S/C14H23N3O2/c1-2-14(8-18,9-19)17-13-11-6-4-3-5-7-12(11)15-10-16-13/h10,18-19H,2-9H2,1H3,(H,15,16,17). The highest BCUT2D eigenvalue weighted by molar-refractivity contribution is 5.48. The van der Waals surface area contributed by atoms with Crippen molar-refractivity contribution in [2.45, 2.75) is 51.0 Å². The van der Waals surface area contributed by atoms with E-state index in [-0.39, 0.29) is 13.2 Å². The molecule has 0 saturated heterocycles. The Labute approximate surface area is 114 Å². The Morgan fingerprint density at radius 2 is 1.89 bits per heavy atom. The van der Waals surface area contributed by atoms with E-state index < -0.39 is 5.54 Å². The Kier molecular flexibility index (Phi) is 4.71. The van der Waals surface area contributed by atoms with Crippen molar-refractivity contribution in [3.05, 3.63) is 17.6 Å². The van der Waals surface area contributed by atoms with Crippen LogP contribution in [0.25, 0.3) is 0 Å². The van der Waals surface area contributed by atoms with Gasteiger partial charge in [-0.2, -0.15) is 0 Å². The zero-order valence-electron chi connectivity index (χ0n) is 11.5. The second-order valence-electron chi connectivity index (χ2n) is 5.28. The second-order valence-corrected chi connectivity index (χ2v) is 5.28. The molecule has 19 heavy (non-hydrogen) atoms. The van der Waals surface area contributed by atoms with Crippen LogP contribution in [0.5, 0.6) is 0 Å². The molecular formula is C14H23N3O2. The van der Waals surface area contributed by atoms with E-state index in [4.69, 9.17) is 0 Å². The largest absolute Gasteiger partial charge is 0.394 e. The van der Waals surface area contributed by atoms with E-state index in [2.05, 4.69) is 15.3 Å². The van der Waals surface area contributed by atoms with Crippen molar-refractivity contribution in [3.63, 3.8) is 0 Å². The van der Waals surface area contributed by atoms with Gasteiger partial charge in [0.1, 0.15) is 12.1 Å². The molecule has 2 rings (SSSR count). The topological polar surface area (TPSA) is 78.3 Å². The predicted octanol–water partition coefficient (Wildman–Crippen LogP) is 1.29. The van der Waals surface area contributed by atoms with Gasteiger partial charge < -0.3 is 15.5 Å². The minimum absolute atomic E-state index is 0.112. The zero-order chi connectivity index (χ0) is 13.7. The van der Waals surface area contributed by atoms with E-state index in [1.807, 2.05) is 6.92 Å². The number of rotatable bonds is 5. The van der Waals surface area contributed by atoms with Gasteiger partial charge in [-0.1, -0.05) is 13.3 Å². The molecule has 1 aromatic heterocycles. The van der Waals surface area contributed by atoms with Crippen LogP contribution in [-0.4, -0.2) is 38.9 Å². The lowest BCUT2D eigenvalue weighted by molar-refractivity contribution is 0.132. The van der Waals surface area contributed by atoms with Gasteiger partial charge in [0, 0.05) is 11.3 Å². The molecule has 5 nitrogen and oxygen atoms in total. The van der Waals surface area contributed by atoms with Gasteiger partial charge in [0.05, 0.1) is 18.8 Å². The van der Waals surface area contributed by atoms with Crippen LogP contribution < -0.4 is 5.32 Å². The fraction of sp³-hybridized carbons (Fsp3) is 0.714. The Bertz CT molecular complexity index is 411. The summed E-state index contributed by atoms with van der Waals surface area (Å²) in [4.78, 5) is 8.69. The highest BCUT2D eigenvalue weighted by Gasteiger charge is 2.28. The number of hydrogen-bond donors (Lipinski definition) is 3. The first-order valence-electron chi connectivity index (χ1n) is 7.07. The van der Waals surface area contributed by atoms with E-state index >= 15 is 0 Å². The summed E-state index contributed by atoms with van der Waals surface area (Å²) in [5, 5.41) is 22.3. The molecule has 106 valence electrons. The van der Waals surface area contributed by atoms with Gasteiger partial charge >= 0.3 is 0 Å². The van der Waals surface area contributed by atoms with Gasteiger partial charge in [-0.3, -0.25) is 0 Å². The van der Waals surface area contributed by atoms with E-state index in [1.165, 1.54) is 12.8 Å². The van der Waals surface area contributed by atoms with Crippen LogP contribution >= 0.6 is 0 Å². The van der Waals surface area contributed by atoms with Crippen LogP contribution in [0.4, 0.5) is 5.82 Å². The molecule has 0 atom stereocenters. The molecule has 1 aliphatic rings. The quantitative estimate of drug-likeness (QED) is 0.699. The molecule has 0 aromatic carbocycles. The maximum atomic E-state index is 9.53. The summed E-state index contributed by atoms with van der Waals surface area (Å²) in [6.07, 6.45) is 7.70. The summed E-state index contributed by atoms with van der Waals surface area (Å²) in [6, 6.07) is 0. The van der Waals surface area contributed by atoms with Gasteiger partial charge in [0.25, 0.3) is 0 Å². The number of hydrogen-bond acceptors (Lipinski definition) is 5. The third kappa shape index (κ3) is 3.04. The number of aliphatic hydroxyl groups is 2. The number of aliphatic hydroxyl groups excluding tert-OH is 2. The molecule has 0 spiro atoms. The van der Waals surface area contributed by atoms with Crippen molar-refractivity contribution in [1.29, 1.82) is 0 Å². The van der Waals surface area contributed by atoms with E-state index in [0.717, 1.165) is 36.3 Å². The van der Waals surface area contributed by atoms with Crippen molar-refractivity contribution in [2.75, 3.05) is 18.5 Å². The van der Waals surface area contributed by atoms with Gasteiger partial charge in [-0.25, -0.2) is 9.97 Å². The summed E-state index contributed by atoms with van der Waals surface area (Å²) < 4.78 is 0. The molecule has 0 unspecified atom stereocenters. The van der Waals surface area contributed by atoms with Crippen LogP contribution in [0.3, 0.4) is 0 Å². The molecule has 5 heteroatoms. The predicted molar refractivity (Wildman–Crippen MR) is 74.1 cm³/mol. The normalized spacial score (nSPS) is 15.7. The lowest BCUT2D eigenvalue weighted by atomic mass is 9.97. The van der Waals surface area contributed by atoms with Crippen LogP contribution in [0, 0.1) is 0 Å². The Morgan fingerprint density at radius 3 is 2.58 bits per heavy atom. The molecule has 0 amide bonds. The van der Waals surface area contributed by atoms with Crippen molar-refractivity contribution >= 4 is 5.82 Å². The molecule has 0 bridgehead atoms. The second kappa shape index (κ2) is 6.30. The third-order valence-corrected chi connectivity index (χ3v) is 4.04. The van der Waals surface area contributed by atoms with Crippen molar-refractivity contribution in [2.24, 2.45) is 0 Å². The fourth-order valence-electron chi connectivity index (χ4n) is 2.50. The first-order valence-corrected chi connectivity index (χ1v) is 7.07. The summed E-state index contributed by atoms with van der Waals surface area (Å²) in [7, 11) is 0. The fourth-order valence-corrected chi connectivity index (χ4v) is 2.50. The first kappa shape index (κ1) is 14.2. The summed E-state index contributed by atoms with van der Waals surface area (Å²) >= 11 is 0. The zero-order valence-corrected chi connectivity index (χ0v) is 11.5. The average Bonchev–Trinajstić information content (AvgIpc) is 2.71. The lowest BCUT2D eigenvalue weighted by Gasteiger charge is -2.31. The minimum atomic E-state index is -0.700. The molecule has 0 fully saturated rings. The number of nitrogens with zero attached hydrogens (tertiary/aromatic N) is 2. The number of nitrogens with one attached hydrogen (secondary N) is 1. The Morgan fingerprint density at radius 1 is 1.16 bits per heavy atom. The van der Waals surface area contributed by atoms with Crippen molar-refractivity contribution in [3.8, 4) is 0 Å². The summed E-state index contributed by atoms with van der Waals surface area (Å²) in [5.41, 5.74) is 1.56. The number of aromatic nitrogens is 2. The Balaban J connectivity index is 2.30. The maximum Gasteiger partial charge on any atom is 0.133 e. The molecule has 3 N–H and O–H groups in total. The van der Waals surface area contributed by atoms with Gasteiger partial charge in [0.2, 0.25) is 0 Å². The van der Waals surface area contributed by atoms with Crippen LogP contribution in [0.2, 0.25) is 0 Å². The molecule has 1 heterocycles. The van der Waals surface area contributed by atoms with Crippen molar-refractivity contribution < 1.29 is 10.2 Å². The van der Waals surface area contributed by atoms with Crippen molar-refractivity contribution in [1.82, 2.24) is 9.97 Å². The van der Waals surface area contributed by atoms with Gasteiger partial charge in [-0.05, 0) is 32.1 Å². The lowest BCUT2D eigenvalue weighted by Crippen LogP contribution is -2.45. The first-order chi connectivity index (χ1) is 9.24. The number of aryl methyl sites for hydroxylation is 1. The van der Waals surface area contributed by atoms with E-state index in [1.54, 1.807) is 6.33 Å². The summed E-state index contributed by atoms with van der Waals surface area (Å²) in [5.74, 6) is 0.775. The van der Waals surface area contributed by atoms with E-state index in [9.17, 15) is 10.2 Å². The molecule has 0 radical (unpaired) electrons. The third-order valence-electron chi connectivity index (χ3n) is 4.04. The van der Waals surface area contributed by atoms with Crippen LogP contribution in [-0.2, 0) is 12.8 Å². The van der Waals surface area contributed by atoms with Crippen LogP contribution in [0.15, 0.2) is 6.33 Å². The minimum Gasteiger partial charge on any atom is -0.394 e. The highest BCUT2D eigenvalue weighted by Crippen LogP contribution is 2.26. The molecule has 0 saturated carbocycles. The number of anilines is 1. The molecule has 1 aromatic rings. The van der Waals surface area contributed by atoms with Crippen LogP contribution in [0.1, 0.15) is 43.9 Å².